The zero-order valence-electron chi connectivity index (χ0n) is 10.4. The number of benzene rings is 2. The van der Waals surface area contributed by atoms with E-state index in [2.05, 4.69) is 0 Å². The summed E-state index contributed by atoms with van der Waals surface area (Å²) in [6.07, 6.45) is 0. The molecule has 4 heteroatoms. The average molecular weight is 368 g/mol. The molecule has 98 valence electrons. The number of halogens is 1. The van der Waals surface area contributed by atoms with Crippen molar-refractivity contribution in [2.24, 2.45) is 0 Å². The molecule has 0 fully saturated rings. The lowest BCUT2D eigenvalue weighted by Crippen LogP contribution is -3.61. The maximum atomic E-state index is 11.8. The van der Waals surface area contributed by atoms with Crippen LogP contribution in [0.2, 0.25) is 0 Å². The van der Waals surface area contributed by atoms with Crippen molar-refractivity contribution >= 4 is 5.97 Å². The van der Waals surface area contributed by atoms with E-state index in [1.807, 2.05) is 30.3 Å². The molecule has 0 heterocycles. The molecule has 0 radical (unpaired) electrons. The third kappa shape index (κ3) is 3.70. The van der Waals surface area contributed by atoms with Gasteiger partial charge in [-0.2, -0.15) is 0 Å². The molecule has 0 atom stereocenters. The fourth-order valence-electron chi connectivity index (χ4n) is 1.51. The van der Waals surface area contributed by atoms with Crippen LogP contribution in [0.1, 0.15) is 17.3 Å². The summed E-state index contributed by atoms with van der Waals surface area (Å²) in [6, 6.07) is 14.5. The van der Waals surface area contributed by atoms with Crippen LogP contribution in [-0.2, 0) is 4.74 Å². The van der Waals surface area contributed by atoms with Gasteiger partial charge < -0.3 is 9.84 Å². The number of rotatable bonds is 4. The van der Waals surface area contributed by atoms with Crippen LogP contribution < -0.4 is 26.3 Å². The van der Waals surface area contributed by atoms with Gasteiger partial charge in [-0.25, -0.2) is 4.79 Å². The summed E-state index contributed by atoms with van der Waals surface area (Å²) in [4.78, 5) is 11.6. The molecular weight excluding hydrogens is 355 g/mol. The zero-order chi connectivity index (χ0) is 13.7. The monoisotopic (exact) mass is 368 g/mol. The summed E-state index contributed by atoms with van der Waals surface area (Å²) in [5, 5.41) is 11.8. The van der Waals surface area contributed by atoms with Gasteiger partial charge in [0.1, 0.15) is 0 Å². The highest BCUT2D eigenvalue weighted by atomic mass is 127. The summed E-state index contributed by atoms with van der Waals surface area (Å²) in [5.74, 6) is -0.384. The van der Waals surface area contributed by atoms with Gasteiger partial charge in [-0.05, 0) is 25.1 Å². The summed E-state index contributed by atoms with van der Waals surface area (Å²) in [7, 11) is 0. The van der Waals surface area contributed by atoms with Gasteiger partial charge in [-0.15, -0.1) is 0 Å². The van der Waals surface area contributed by atoms with Gasteiger partial charge in [0.2, 0.25) is 0 Å². The molecular formula is C15H13IO3. The van der Waals surface area contributed by atoms with E-state index >= 15 is 0 Å². The molecule has 0 aliphatic rings. The molecule has 0 N–H and O–H groups in total. The number of carbonyl (C=O) groups is 1. The average Bonchev–Trinajstić information content (AvgIpc) is 2.42. The Morgan fingerprint density at radius 2 is 1.95 bits per heavy atom. The molecule has 0 amide bonds. The third-order valence-electron chi connectivity index (χ3n) is 2.39. The Kier molecular flexibility index (Phi) is 4.79. The van der Waals surface area contributed by atoms with Crippen molar-refractivity contribution in [3.63, 3.8) is 0 Å². The van der Waals surface area contributed by atoms with E-state index in [0.717, 1.165) is 7.14 Å². The van der Waals surface area contributed by atoms with Crippen LogP contribution in [0, 0.1) is 7.14 Å². The van der Waals surface area contributed by atoms with Crippen molar-refractivity contribution in [2.45, 2.75) is 6.92 Å². The Hall–Kier alpha value is -1.56. The lowest BCUT2D eigenvalue weighted by atomic mass is 10.2. The van der Waals surface area contributed by atoms with Gasteiger partial charge in [0, 0.05) is 6.07 Å². The van der Waals surface area contributed by atoms with E-state index in [9.17, 15) is 9.90 Å². The number of hydrogen-bond acceptors (Lipinski definition) is 3. The molecule has 0 saturated heterocycles. The van der Waals surface area contributed by atoms with Crippen LogP contribution in [-0.4, -0.2) is 12.6 Å². The predicted octanol–water partition coefficient (Wildman–Crippen LogP) is -0.935. The van der Waals surface area contributed by atoms with E-state index in [4.69, 9.17) is 4.74 Å². The van der Waals surface area contributed by atoms with Crippen LogP contribution in [0.5, 0.6) is 5.75 Å². The number of ether oxygens (including phenoxy) is 1. The zero-order valence-corrected chi connectivity index (χ0v) is 12.6. The molecule has 2 aromatic carbocycles. The topological polar surface area (TPSA) is 49.4 Å². The quantitative estimate of drug-likeness (QED) is 0.518. The molecule has 0 saturated carbocycles. The van der Waals surface area contributed by atoms with Crippen molar-refractivity contribution in [1.29, 1.82) is 0 Å². The minimum atomic E-state index is -0.565. The maximum Gasteiger partial charge on any atom is 0.357 e. The van der Waals surface area contributed by atoms with E-state index in [-0.39, 0.29) is 11.7 Å². The fraction of sp³-hybridized carbons (Fsp3) is 0.133. The van der Waals surface area contributed by atoms with Gasteiger partial charge in [0.25, 0.3) is 0 Å². The van der Waals surface area contributed by atoms with E-state index < -0.39 is 21.2 Å². The fourth-order valence-corrected chi connectivity index (χ4v) is 3.89. The highest BCUT2D eigenvalue weighted by Crippen LogP contribution is 2.08. The number of carbonyl (C=O) groups excluding carboxylic acids is 1. The maximum absolute atomic E-state index is 11.8. The summed E-state index contributed by atoms with van der Waals surface area (Å²) in [6.45, 7) is 2.10. The molecule has 2 rings (SSSR count). The molecule has 0 spiro atoms. The Morgan fingerprint density at radius 3 is 2.63 bits per heavy atom. The second kappa shape index (κ2) is 6.56. The molecule has 0 aliphatic carbocycles. The summed E-state index contributed by atoms with van der Waals surface area (Å²) in [5.41, 5.74) is 0.451. The predicted molar refractivity (Wildman–Crippen MR) is 65.7 cm³/mol. The van der Waals surface area contributed by atoms with E-state index in [0.29, 0.717) is 12.2 Å². The van der Waals surface area contributed by atoms with Crippen LogP contribution in [0.25, 0.3) is 0 Å². The first-order valence-corrected chi connectivity index (χ1v) is 8.04. The highest BCUT2D eigenvalue weighted by molar-refractivity contribution is 5.89. The second-order valence-electron chi connectivity index (χ2n) is 3.76. The van der Waals surface area contributed by atoms with Crippen LogP contribution >= 0.6 is 0 Å². The number of esters is 1. The third-order valence-corrected chi connectivity index (χ3v) is 5.15. The molecule has 0 unspecified atom stereocenters. The van der Waals surface area contributed by atoms with Gasteiger partial charge in [0.15, 0.2) is 7.14 Å². The highest BCUT2D eigenvalue weighted by Gasteiger charge is 2.18. The molecule has 2 aromatic rings. The Balaban J connectivity index is 2.25. The van der Waals surface area contributed by atoms with Gasteiger partial charge >= 0.3 is 27.2 Å². The molecule has 0 bridgehead atoms. The Labute approximate surface area is 122 Å². The van der Waals surface area contributed by atoms with Gasteiger partial charge in [0.05, 0.1) is 12.2 Å². The lowest BCUT2D eigenvalue weighted by Gasteiger charge is -2.06. The van der Waals surface area contributed by atoms with Gasteiger partial charge in [-0.1, -0.05) is 30.0 Å². The Morgan fingerprint density at radius 1 is 1.21 bits per heavy atom. The van der Waals surface area contributed by atoms with E-state index in [1.165, 1.54) is 12.1 Å². The Bertz CT molecular complexity index is 567. The van der Waals surface area contributed by atoms with Crippen molar-refractivity contribution in [3.8, 4) is 5.75 Å². The minimum Gasteiger partial charge on any atom is -0.869 e. The standard InChI is InChI=1S/C15H13IO3/c1-2-19-15(18)11-8-9-14(17)13(10-11)16-12-6-4-3-5-7-12/h3-10H,2H2,1H3. The first-order valence-electron chi connectivity index (χ1n) is 5.88. The van der Waals surface area contributed by atoms with Crippen molar-refractivity contribution in [3.05, 3.63) is 61.2 Å². The smallest absolute Gasteiger partial charge is 0.357 e. The lowest BCUT2D eigenvalue weighted by molar-refractivity contribution is -0.603. The van der Waals surface area contributed by atoms with Crippen LogP contribution in [0.15, 0.2) is 48.5 Å². The van der Waals surface area contributed by atoms with Crippen molar-refractivity contribution in [2.75, 3.05) is 6.61 Å². The van der Waals surface area contributed by atoms with E-state index in [1.54, 1.807) is 13.0 Å². The van der Waals surface area contributed by atoms with Crippen molar-refractivity contribution in [1.82, 2.24) is 0 Å². The second-order valence-corrected chi connectivity index (χ2v) is 6.70. The first kappa shape index (κ1) is 13.9. The van der Waals surface area contributed by atoms with Gasteiger partial charge in [-0.3, -0.25) is 0 Å². The minimum absolute atomic E-state index is 0.00954. The first-order chi connectivity index (χ1) is 9.20. The molecule has 3 nitrogen and oxygen atoms in total. The normalized spacial score (nSPS) is 10.2. The van der Waals surface area contributed by atoms with Crippen LogP contribution in [0.4, 0.5) is 0 Å². The summed E-state index contributed by atoms with van der Waals surface area (Å²) >= 11 is -0.565. The molecule has 0 aliphatic heterocycles. The van der Waals surface area contributed by atoms with Crippen molar-refractivity contribution < 1.29 is 35.8 Å². The SMILES string of the molecule is CCOC(=O)c1ccc([O-])c([I+]c2ccccc2)c1. The molecule has 19 heavy (non-hydrogen) atoms. The summed E-state index contributed by atoms with van der Waals surface area (Å²) < 4.78 is 6.81. The largest absolute Gasteiger partial charge is 0.869 e. The number of hydrogen-bond donors (Lipinski definition) is 0. The molecule has 0 aromatic heterocycles. The van der Waals surface area contributed by atoms with Crippen LogP contribution in [0.3, 0.4) is 0 Å².